The van der Waals surface area contributed by atoms with Crippen LogP contribution in [0.3, 0.4) is 0 Å². The molecule has 1 aliphatic rings. The van der Waals surface area contributed by atoms with Gasteiger partial charge in [-0.1, -0.05) is 43.7 Å². The monoisotopic (exact) mass is 437 g/mol. The lowest BCUT2D eigenvalue weighted by atomic mass is 10.0. The maximum atomic E-state index is 12.9. The first kappa shape index (κ1) is 24.1. The van der Waals surface area contributed by atoms with E-state index in [1.54, 1.807) is 0 Å². The molecule has 1 N–H and O–H groups in total. The molecule has 0 spiro atoms. The number of nitrogens with one attached hydrogen (secondary N) is 1. The van der Waals surface area contributed by atoms with E-state index in [1.165, 1.54) is 5.56 Å². The summed E-state index contributed by atoms with van der Waals surface area (Å²) in [5.74, 6) is 1.71. The van der Waals surface area contributed by atoms with Gasteiger partial charge in [0.25, 0.3) is 0 Å². The summed E-state index contributed by atoms with van der Waals surface area (Å²) in [6, 6.07) is 18.6. The first-order chi connectivity index (χ1) is 15.3. The Morgan fingerprint density at radius 2 is 1.66 bits per heavy atom. The Bertz CT molecular complexity index is 822. The molecule has 0 atom stereocenters. The molecule has 3 rings (SSSR count). The van der Waals surface area contributed by atoms with Crippen LogP contribution in [-0.2, 0) is 6.54 Å². The van der Waals surface area contributed by atoms with E-state index >= 15 is 0 Å². The Kier molecular flexibility index (Phi) is 8.57. The Labute approximate surface area is 193 Å². The fourth-order valence-electron chi connectivity index (χ4n) is 4.11. The molecule has 5 heteroatoms. The lowest BCUT2D eigenvalue weighted by Crippen LogP contribution is -2.54. The lowest BCUT2D eigenvalue weighted by Gasteiger charge is -2.39. The maximum absolute atomic E-state index is 12.9. The minimum absolute atomic E-state index is 0.0819. The smallest absolute Gasteiger partial charge is 0.318 e. The van der Waals surface area contributed by atoms with Crippen molar-refractivity contribution >= 4 is 6.03 Å². The average Bonchev–Trinajstić information content (AvgIpc) is 2.76. The van der Waals surface area contributed by atoms with E-state index < -0.39 is 0 Å². The number of amides is 2. The van der Waals surface area contributed by atoms with Gasteiger partial charge in [0.2, 0.25) is 0 Å². The molecule has 1 fully saturated rings. The number of para-hydroxylation sites is 1. The van der Waals surface area contributed by atoms with Crippen molar-refractivity contribution in [3.8, 4) is 11.5 Å². The van der Waals surface area contributed by atoms with Gasteiger partial charge in [0.15, 0.2) is 0 Å². The largest absolute Gasteiger partial charge is 0.457 e. The molecule has 0 bridgehead atoms. The summed E-state index contributed by atoms with van der Waals surface area (Å²) in [6.07, 6.45) is 4.20. The molecule has 2 amide bonds. The number of carbonyl (C=O) groups is 1. The normalized spacial score (nSPS) is 15.4. The summed E-state index contributed by atoms with van der Waals surface area (Å²) in [6.45, 7) is 12.1. The molecule has 0 unspecified atom stereocenters. The van der Waals surface area contributed by atoms with E-state index in [4.69, 9.17) is 4.74 Å². The van der Waals surface area contributed by atoms with Crippen LogP contribution in [0.25, 0.3) is 0 Å². The summed E-state index contributed by atoms with van der Waals surface area (Å²) in [7, 11) is 0. The number of ether oxygens (including phenoxy) is 1. The average molecular weight is 438 g/mol. The van der Waals surface area contributed by atoms with Gasteiger partial charge in [0.1, 0.15) is 11.5 Å². The van der Waals surface area contributed by atoms with Gasteiger partial charge in [-0.05, 0) is 69.9 Å². The van der Waals surface area contributed by atoms with Crippen LogP contribution in [0.15, 0.2) is 54.6 Å². The number of rotatable bonds is 8. The summed E-state index contributed by atoms with van der Waals surface area (Å²) in [4.78, 5) is 17.5. The van der Waals surface area contributed by atoms with Crippen molar-refractivity contribution in [1.29, 1.82) is 0 Å². The fraction of sp³-hybridized carbons (Fsp3) is 0.519. The van der Waals surface area contributed by atoms with Crippen molar-refractivity contribution in [3.63, 3.8) is 0 Å². The van der Waals surface area contributed by atoms with E-state index in [1.807, 2.05) is 63.2 Å². The molecule has 0 saturated carbocycles. The van der Waals surface area contributed by atoms with Crippen LogP contribution >= 0.6 is 0 Å². The van der Waals surface area contributed by atoms with E-state index in [0.717, 1.165) is 63.4 Å². The third kappa shape index (κ3) is 7.56. The van der Waals surface area contributed by atoms with E-state index in [-0.39, 0.29) is 11.6 Å². The van der Waals surface area contributed by atoms with Gasteiger partial charge in [-0.2, -0.15) is 0 Å². The van der Waals surface area contributed by atoms with Crippen molar-refractivity contribution in [1.82, 2.24) is 15.1 Å². The molecule has 2 aromatic rings. The van der Waals surface area contributed by atoms with Crippen LogP contribution < -0.4 is 10.1 Å². The standard InChI is InChI=1S/C27H39N3O2/c1-5-6-18-30(26(31)28-27(2,3)4)23-16-19-29(20-17-23)21-22-12-14-25(15-13-22)32-24-10-8-7-9-11-24/h7-15,23H,5-6,16-21H2,1-4H3,(H,28,31). The van der Waals surface area contributed by atoms with Crippen molar-refractivity contribution < 1.29 is 9.53 Å². The zero-order valence-electron chi connectivity index (χ0n) is 20.1. The molecule has 1 saturated heterocycles. The van der Waals surface area contributed by atoms with Gasteiger partial charge in [-0.3, -0.25) is 4.90 Å². The summed E-state index contributed by atoms with van der Waals surface area (Å²) in [5.41, 5.74) is 1.08. The Hall–Kier alpha value is -2.53. The molecule has 1 aliphatic heterocycles. The number of carbonyl (C=O) groups excluding carboxylic acids is 1. The number of likely N-dealkylation sites (tertiary alicyclic amines) is 1. The van der Waals surface area contributed by atoms with Crippen molar-refractivity contribution in [3.05, 3.63) is 60.2 Å². The predicted molar refractivity (Wildman–Crippen MR) is 131 cm³/mol. The topological polar surface area (TPSA) is 44.8 Å². The number of benzene rings is 2. The van der Waals surface area contributed by atoms with Gasteiger partial charge < -0.3 is 15.0 Å². The summed E-state index contributed by atoms with van der Waals surface area (Å²) < 4.78 is 5.90. The first-order valence-electron chi connectivity index (χ1n) is 12.0. The zero-order chi connectivity index (χ0) is 23.0. The Morgan fingerprint density at radius 3 is 2.25 bits per heavy atom. The van der Waals surface area contributed by atoms with Crippen molar-refractivity contribution in [2.24, 2.45) is 0 Å². The van der Waals surface area contributed by atoms with Gasteiger partial charge in [0, 0.05) is 37.8 Å². The number of hydrogen-bond acceptors (Lipinski definition) is 3. The second-order valence-electron chi connectivity index (χ2n) is 9.79. The minimum atomic E-state index is -0.210. The van der Waals surface area contributed by atoms with Crippen LogP contribution in [0.2, 0.25) is 0 Å². The summed E-state index contributed by atoms with van der Waals surface area (Å²) in [5, 5.41) is 3.16. The van der Waals surface area contributed by atoms with E-state index in [2.05, 4.69) is 34.2 Å². The van der Waals surface area contributed by atoms with Gasteiger partial charge in [0.05, 0.1) is 0 Å². The molecule has 0 radical (unpaired) electrons. The van der Waals surface area contributed by atoms with Crippen LogP contribution in [0.5, 0.6) is 11.5 Å². The molecule has 174 valence electrons. The third-order valence-corrected chi connectivity index (χ3v) is 5.80. The molecule has 0 aromatic heterocycles. The second-order valence-corrected chi connectivity index (χ2v) is 9.79. The molecular formula is C27H39N3O2. The van der Waals surface area contributed by atoms with E-state index in [9.17, 15) is 4.79 Å². The SMILES string of the molecule is CCCCN(C(=O)NC(C)(C)C)C1CCN(Cc2ccc(Oc3ccccc3)cc2)CC1. The minimum Gasteiger partial charge on any atom is -0.457 e. The number of hydrogen-bond donors (Lipinski definition) is 1. The highest BCUT2D eigenvalue weighted by atomic mass is 16.5. The molecule has 5 nitrogen and oxygen atoms in total. The highest BCUT2D eigenvalue weighted by molar-refractivity contribution is 5.75. The van der Waals surface area contributed by atoms with Gasteiger partial charge in [-0.15, -0.1) is 0 Å². The van der Waals surface area contributed by atoms with E-state index in [0.29, 0.717) is 6.04 Å². The number of piperidine rings is 1. The van der Waals surface area contributed by atoms with Crippen LogP contribution in [-0.4, -0.2) is 47.0 Å². The first-order valence-corrected chi connectivity index (χ1v) is 12.0. The van der Waals surface area contributed by atoms with Crippen molar-refractivity contribution in [2.45, 2.75) is 71.5 Å². The van der Waals surface area contributed by atoms with Gasteiger partial charge in [-0.25, -0.2) is 4.79 Å². The van der Waals surface area contributed by atoms with Crippen LogP contribution in [0, 0.1) is 0 Å². The predicted octanol–water partition coefficient (Wildman–Crippen LogP) is 6.05. The number of unbranched alkanes of at least 4 members (excludes halogenated alkanes) is 1. The molecule has 2 aromatic carbocycles. The van der Waals surface area contributed by atoms with Gasteiger partial charge >= 0.3 is 6.03 Å². The Morgan fingerprint density at radius 1 is 1.03 bits per heavy atom. The number of urea groups is 1. The number of nitrogens with zero attached hydrogens (tertiary/aromatic N) is 2. The molecule has 1 heterocycles. The third-order valence-electron chi connectivity index (χ3n) is 5.80. The molecule has 32 heavy (non-hydrogen) atoms. The van der Waals surface area contributed by atoms with Crippen LogP contribution in [0.1, 0.15) is 58.9 Å². The lowest BCUT2D eigenvalue weighted by molar-refractivity contribution is 0.112. The zero-order valence-corrected chi connectivity index (χ0v) is 20.1. The maximum Gasteiger partial charge on any atom is 0.318 e. The van der Waals surface area contributed by atoms with Crippen molar-refractivity contribution in [2.75, 3.05) is 19.6 Å². The highest BCUT2D eigenvalue weighted by Gasteiger charge is 2.29. The Balaban J connectivity index is 1.51. The second kappa shape index (κ2) is 11.4. The summed E-state index contributed by atoms with van der Waals surface area (Å²) >= 11 is 0. The molecular weight excluding hydrogens is 398 g/mol. The fourth-order valence-corrected chi connectivity index (χ4v) is 4.11. The molecule has 0 aliphatic carbocycles. The highest BCUT2D eigenvalue weighted by Crippen LogP contribution is 2.23. The van der Waals surface area contributed by atoms with Crippen LogP contribution in [0.4, 0.5) is 4.79 Å². The quantitative estimate of drug-likeness (QED) is 0.546.